The maximum atomic E-state index is 13.0. The van der Waals surface area contributed by atoms with Crippen LogP contribution < -0.4 is 5.32 Å². The summed E-state index contributed by atoms with van der Waals surface area (Å²) in [6.07, 6.45) is 5.01. The van der Waals surface area contributed by atoms with Crippen LogP contribution in [-0.4, -0.2) is 43.2 Å². The highest BCUT2D eigenvalue weighted by molar-refractivity contribution is 6.16. The van der Waals surface area contributed by atoms with Gasteiger partial charge in [-0.1, -0.05) is 39.3 Å². The molecule has 9 nitrogen and oxygen atoms in total. The molecule has 0 saturated heterocycles. The lowest BCUT2D eigenvalue weighted by Crippen LogP contribution is -2.34. The van der Waals surface area contributed by atoms with Crippen molar-refractivity contribution in [2.24, 2.45) is 15.9 Å². The van der Waals surface area contributed by atoms with E-state index in [2.05, 4.69) is 30.4 Å². The number of anilines is 1. The summed E-state index contributed by atoms with van der Waals surface area (Å²) in [7, 11) is 0. The molecule has 9 heteroatoms. The SMILES string of the molecule is CC(C)(C)c1cc(NC(=O)c2cnc3ccccc3n2)n(C2=NC(=O)C3CCCCC3=N2)n1. The van der Waals surface area contributed by atoms with E-state index >= 15 is 0 Å². The number of nitrogens with zero attached hydrogens (tertiary/aromatic N) is 6. The summed E-state index contributed by atoms with van der Waals surface area (Å²) in [5.41, 5.74) is 2.82. The van der Waals surface area contributed by atoms with Crippen molar-refractivity contribution in [3.63, 3.8) is 0 Å². The number of para-hydroxylation sites is 2. The van der Waals surface area contributed by atoms with E-state index in [0.29, 0.717) is 16.9 Å². The monoisotopic (exact) mass is 443 g/mol. The number of rotatable bonds is 2. The van der Waals surface area contributed by atoms with E-state index in [4.69, 9.17) is 0 Å². The summed E-state index contributed by atoms with van der Waals surface area (Å²) in [6, 6.07) is 9.14. The van der Waals surface area contributed by atoms with Gasteiger partial charge in [-0.2, -0.15) is 14.8 Å². The third-order valence-corrected chi connectivity index (χ3v) is 5.92. The molecule has 1 atom stereocenters. The van der Waals surface area contributed by atoms with E-state index in [9.17, 15) is 9.59 Å². The Labute approximate surface area is 191 Å². The Kier molecular flexibility index (Phi) is 5.11. The predicted molar refractivity (Wildman–Crippen MR) is 126 cm³/mol. The third-order valence-electron chi connectivity index (χ3n) is 5.92. The van der Waals surface area contributed by atoms with Crippen molar-refractivity contribution < 1.29 is 9.59 Å². The van der Waals surface area contributed by atoms with Crippen molar-refractivity contribution >= 4 is 40.3 Å². The number of aliphatic imine (C=N–C) groups is 2. The molecule has 1 aliphatic heterocycles. The number of benzene rings is 1. The zero-order chi connectivity index (χ0) is 23.2. The fraction of sp³-hybridized carbons (Fsp3) is 0.375. The van der Waals surface area contributed by atoms with Gasteiger partial charge in [0.2, 0.25) is 0 Å². The van der Waals surface area contributed by atoms with Gasteiger partial charge in [0.05, 0.1) is 28.8 Å². The van der Waals surface area contributed by atoms with Crippen LogP contribution in [0.3, 0.4) is 0 Å². The number of carbonyl (C=O) groups excluding carboxylic acids is 2. The molecule has 168 valence electrons. The van der Waals surface area contributed by atoms with Crippen LogP contribution >= 0.6 is 0 Å². The lowest BCUT2D eigenvalue weighted by molar-refractivity contribution is -0.120. The zero-order valence-electron chi connectivity index (χ0n) is 18.9. The first kappa shape index (κ1) is 21.1. The molecule has 0 radical (unpaired) electrons. The molecular weight excluding hydrogens is 418 g/mol. The molecular formula is C24H25N7O2. The molecule has 2 amide bonds. The van der Waals surface area contributed by atoms with Crippen LogP contribution in [-0.2, 0) is 10.2 Å². The van der Waals surface area contributed by atoms with E-state index in [1.807, 2.05) is 39.0 Å². The molecule has 1 unspecified atom stereocenters. The van der Waals surface area contributed by atoms with Gasteiger partial charge in [-0.05, 0) is 31.4 Å². The molecule has 2 aromatic heterocycles. The molecule has 0 bridgehead atoms. The maximum absolute atomic E-state index is 13.0. The number of fused-ring (bicyclic) bond motifs is 2. The minimum absolute atomic E-state index is 0.180. The minimum atomic E-state index is -0.430. The first-order valence-electron chi connectivity index (χ1n) is 11.1. The first-order chi connectivity index (χ1) is 15.8. The van der Waals surface area contributed by atoms with Crippen molar-refractivity contribution in [1.82, 2.24) is 19.7 Å². The number of hydrogen-bond donors (Lipinski definition) is 1. The Bertz CT molecular complexity index is 1330. The van der Waals surface area contributed by atoms with Crippen LogP contribution in [0.25, 0.3) is 11.0 Å². The van der Waals surface area contributed by atoms with Crippen LogP contribution in [0.15, 0.2) is 46.5 Å². The van der Waals surface area contributed by atoms with E-state index < -0.39 is 5.91 Å². The maximum Gasteiger partial charge on any atom is 0.277 e. The van der Waals surface area contributed by atoms with Crippen LogP contribution in [0.4, 0.5) is 5.82 Å². The summed E-state index contributed by atoms with van der Waals surface area (Å²) < 4.78 is 1.45. The topological polar surface area (TPSA) is 114 Å². The molecule has 33 heavy (non-hydrogen) atoms. The Morgan fingerprint density at radius 3 is 2.70 bits per heavy atom. The van der Waals surface area contributed by atoms with E-state index in [1.165, 1.54) is 10.9 Å². The number of nitrogens with one attached hydrogen (secondary N) is 1. The second-order valence-corrected chi connectivity index (χ2v) is 9.43. The van der Waals surface area contributed by atoms with Gasteiger partial charge >= 0.3 is 0 Å². The van der Waals surface area contributed by atoms with E-state index in [1.54, 1.807) is 12.1 Å². The van der Waals surface area contributed by atoms with Crippen molar-refractivity contribution in [1.29, 1.82) is 0 Å². The molecule has 1 aliphatic carbocycles. The average Bonchev–Trinajstić information content (AvgIpc) is 3.23. The smallest absolute Gasteiger partial charge is 0.277 e. The summed E-state index contributed by atoms with van der Waals surface area (Å²) in [5.74, 6) is -0.291. The van der Waals surface area contributed by atoms with Crippen LogP contribution in [0, 0.1) is 5.92 Å². The highest BCUT2D eigenvalue weighted by Gasteiger charge is 2.33. The van der Waals surface area contributed by atoms with Crippen LogP contribution in [0.5, 0.6) is 0 Å². The highest BCUT2D eigenvalue weighted by atomic mass is 16.2. The van der Waals surface area contributed by atoms with Gasteiger partial charge in [0.25, 0.3) is 17.8 Å². The molecule has 1 N–H and O–H groups in total. The normalized spacial score (nSPS) is 18.5. The summed E-state index contributed by atoms with van der Waals surface area (Å²) in [4.78, 5) is 43.4. The molecule has 1 saturated carbocycles. The van der Waals surface area contributed by atoms with Crippen molar-refractivity contribution in [2.75, 3.05) is 5.32 Å². The van der Waals surface area contributed by atoms with E-state index in [0.717, 1.165) is 37.1 Å². The molecule has 3 aromatic rings. The number of amides is 2. The Balaban J connectivity index is 1.52. The average molecular weight is 444 g/mol. The number of aromatic nitrogens is 4. The number of hydrogen-bond acceptors (Lipinski definition) is 6. The van der Waals surface area contributed by atoms with Gasteiger partial charge in [0.1, 0.15) is 11.5 Å². The Morgan fingerprint density at radius 2 is 1.91 bits per heavy atom. The van der Waals surface area contributed by atoms with Crippen LogP contribution in [0.2, 0.25) is 0 Å². The van der Waals surface area contributed by atoms with Gasteiger partial charge in [-0.25, -0.2) is 9.98 Å². The second-order valence-electron chi connectivity index (χ2n) is 9.43. The summed E-state index contributed by atoms with van der Waals surface area (Å²) in [6.45, 7) is 6.07. The van der Waals surface area contributed by atoms with Crippen molar-refractivity contribution in [3.05, 3.63) is 47.9 Å². The van der Waals surface area contributed by atoms with Gasteiger partial charge in [-0.3, -0.25) is 14.6 Å². The molecule has 1 aromatic carbocycles. The molecule has 2 aliphatic rings. The fourth-order valence-corrected chi connectivity index (χ4v) is 4.06. The van der Waals surface area contributed by atoms with Gasteiger partial charge in [0, 0.05) is 17.2 Å². The summed E-state index contributed by atoms with van der Waals surface area (Å²) in [5, 5.41) is 7.52. The number of carbonyl (C=O) groups is 2. The molecule has 3 heterocycles. The first-order valence-corrected chi connectivity index (χ1v) is 11.1. The van der Waals surface area contributed by atoms with Crippen molar-refractivity contribution in [2.45, 2.75) is 51.9 Å². The largest absolute Gasteiger partial charge is 0.305 e. The van der Waals surface area contributed by atoms with Crippen molar-refractivity contribution in [3.8, 4) is 0 Å². The van der Waals surface area contributed by atoms with Gasteiger partial charge in [-0.15, -0.1) is 0 Å². The third kappa shape index (κ3) is 4.06. The molecule has 1 fully saturated rings. The lowest BCUT2D eigenvalue weighted by Gasteiger charge is -2.24. The van der Waals surface area contributed by atoms with E-state index in [-0.39, 0.29) is 28.9 Å². The predicted octanol–water partition coefficient (Wildman–Crippen LogP) is 3.75. The Hall–Kier alpha value is -3.75. The summed E-state index contributed by atoms with van der Waals surface area (Å²) >= 11 is 0. The van der Waals surface area contributed by atoms with Gasteiger partial charge in [0.15, 0.2) is 0 Å². The second kappa shape index (κ2) is 7.99. The minimum Gasteiger partial charge on any atom is -0.305 e. The fourth-order valence-electron chi connectivity index (χ4n) is 4.06. The quantitative estimate of drug-likeness (QED) is 0.648. The molecule has 5 rings (SSSR count). The van der Waals surface area contributed by atoms with Crippen LogP contribution in [0.1, 0.15) is 62.6 Å². The molecule has 0 spiro atoms. The Morgan fingerprint density at radius 1 is 1.12 bits per heavy atom. The van der Waals surface area contributed by atoms with Gasteiger partial charge < -0.3 is 5.32 Å². The highest BCUT2D eigenvalue weighted by Crippen LogP contribution is 2.28. The zero-order valence-corrected chi connectivity index (χ0v) is 18.9. The standard InChI is InChI=1S/C24H25N7O2/c1-24(2,3)19-12-20(28-22(33)18-13-25-16-10-6-7-11-17(16)26-18)31(30-19)23-27-15-9-5-4-8-14(15)21(32)29-23/h6-7,10-14H,4-5,8-9H2,1-3H3,(H,28,33). The lowest BCUT2D eigenvalue weighted by atomic mass is 9.86.